The third-order valence-corrected chi connectivity index (χ3v) is 6.37. The van der Waals surface area contributed by atoms with Crippen molar-refractivity contribution in [1.82, 2.24) is 5.01 Å². The lowest BCUT2D eigenvalue weighted by atomic mass is 9.93. The van der Waals surface area contributed by atoms with Gasteiger partial charge in [-0.05, 0) is 41.3 Å². The first-order valence-electron chi connectivity index (χ1n) is 9.96. The average molecular weight is 354 g/mol. The summed E-state index contributed by atoms with van der Waals surface area (Å²) in [5.41, 5.74) is 3.43. The molecule has 0 aromatic heterocycles. The SMILES string of the molecule is c1ccc2c(c1)OC1(CCCC1)N1N=C(c3ccc4ccccc4c3)CC21. The first-order chi connectivity index (χ1) is 13.3. The minimum absolute atomic E-state index is 0.252. The number of hydrogen-bond donors (Lipinski definition) is 0. The van der Waals surface area contributed by atoms with Crippen molar-refractivity contribution in [3.05, 3.63) is 77.9 Å². The minimum atomic E-state index is -0.252. The van der Waals surface area contributed by atoms with E-state index in [-0.39, 0.29) is 11.8 Å². The molecule has 0 saturated heterocycles. The summed E-state index contributed by atoms with van der Waals surface area (Å²) in [6.45, 7) is 0. The molecular weight excluding hydrogens is 332 g/mol. The van der Waals surface area contributed by atoms with E-state index in [1.165, 1.54) is 40.5 Å². The van der Waals surface area contributed by atoms with Crippen LogP contribution in [0.5, 0.6) is 5.75 Å². The van der Waals surface area contributed by atoms with Crippen LogP contribution in [0, 0.1) is 0 Å². The van der Waals surface area contributed by atoms with Gasteiger partial charge in [-0.2, -0.15) is 5.10 Å². The maximum absolute atomic E-state index is 6.57. The summed E-state index contributed by atoms with van der Waals surface area (Å²) in [7, 11) is 0. The van der Waals surface area contributed by atoms with E-state index in [9.17, 15) is 0 Å². The van der Waals surface area contributed by atoms with Gasteiger partial charge in [0.05, 0.1) is 11.8 Å². The van der Waals surface area contributed by atoms with Gasteiger partial charge in [0.15, 0.2) is 5.72 Å². The molecule has 0 radical (unpaired) electrons. The number of hydrazone groups is 1. The van der Waals surface area contributed by atoms with Gasteiger partial charge in [0.25, 0.3) is 0 Å². The molecule has 1 atom stereocenters. The van der Waals surface area contributed by atoms with Gasteiger partial charge in [0.1, 0.15) is 5.75 Å². The Labute approximate surface area is 159 Å². The Balaban J connectivity index is 1.46. The normalized spacial score (nSPS) is 22.4. The molecule has 1 fully saturated rings. The summed E-state index contributed by atoms with van der Waals surface area (Å²) >= 11 is 0. The fourth-order valence-corrected chi connectivity index (χ4v) is 5.03. The molecule has 3 aromatic carbocycles. The molecule has 6 rings (SSSR count). The first kappa shape index (κ1) is 15.3. The fourth-order valence-electron chi connectivity index (χ4n) is 5.03. The molecule has 3 aliphatic rings. The Morgan fingerprint density at radius 3 is 2.56 bits per heavy atom. The van der Waals surface area contributed by atoms with E-state index in [0.717, 1.165) is 25.0 Å². The number of fused-ring (bicyclic) bond motifs is 5. The second kappa shape index (κ2) is 5.59. The molecule has 3 nitrogen and oxygen atoms in total. The maximum Gasteiger partial charge on any atom is 0.198 e. The van der Waals surface area contributed by atoms with Crippen LogP contribution in [0.4, 0.5) is 0 Å². The van der Waals surface area contributed by atoms with Crippen molar-refractivity contribution < 1.29 is 4.74 Å². The highest BCUT2D eigenvalue weighted by atomic mass is 16.5. The van der Waals surface area contributed by atoms with E-state index >= 15 is 0 Å². The number of ether oxygens (including phenoxy) is 1. The van der Waals surface area contributed by atoms with Crippen LogP contribution in [0.3, 0.4) is 0 Å². The van der Waals surface area contributed by atoms with E-state index in [4.69, 9.17) is 9.84 Å². The Hall–Kier alpha value is -2.81. The van der Waals surface area contributed by atoms with Gasteiger partial charge in [0.2, 0.25) is 0 Å². The summed E-state index contributed by atoms with van der Waals surface area (Å²) < 4.78 is 6.57. The Bertz CT molecular complexity index is 1060. The zero-order valence-electron chi connectivity index (χ0n) is 15.3. The van der Waals surface area contributed by atoms with Crippen molar-refractivity contribution in [3.8, 4) is 5.75 Å². The van der Waals surface area contributed by atoms with E-state index in [2.05, 4.69) is 71.7 Å². The zero-order valence-corrected chi connectivity index (χ0v) is 15.3. The van der Waals surface area contributed by atoms with Crippen molar-refractivity contribution in [1.29, 1.82) is 0 Å². The molecule has 0 N–H and O–H groups in total. The summed E-state index contributed by atoms with van der Waals surface area (Å²) in [5, 5.41) is 9.99. The van der Waals surface area contributed by atoms with Crippen molar-refractivity contribution in [3.63, 3.8) is 0 Å². The highest BCUT2D eigenvalue weighted by molar-refractivity contribution is 6.04. The molecule has 1 spiro atoms. The van der Waals surface area contributed by atoms with Gasteiger partial charge < -0.3 is 4.74 Å². The van der Waals surface area contributed by atoms with Gasteiger partial charge in [-0.3, -0.25) is 0 Å². The second-order valence-electron chi connectivity index (χ2n) is 7.97. The van der Waals surface area contributed by atoms with Crippen molar-refractivity contribution in [2.24, 2.45) is 5.10 Å². The average Bonchev–Trinajstić information content (AvgIpc) is 3.36. The number of benzene rings is 3. The first-order valence-corrected chi connectivity index (χ1v) is 9.96. The van der Waals surface area contributed by atoms with Gasteiger partial charge in [-0.25, -0.2) is 5.01 Å². The standard InChI is InChI=1S/C24H22N2O/c1-2-8-18-15-19(12-11-17(18)7-1)21-16-22-20-9-3-4-10-23(20)27-24(26(22)25-21)13-5-6-14-24/h1-4,7-12,15,22H,5-6,13-14,16H2. The van der Waals surface area contributed by atoms with E-state index < -0.39 is 0 Å². The molecule has 0 amide bonds. The molecule has 3 heteroatoms. The van der Waals surface area contributed by atoms with Gasteiger partial charge >= 0.3 is 0 Å². The zero-order chi connectivity index (χ0) is 17.8. The van der Waals surface area contributed by atoms with Crippen molar-refractivity contribution >= 4 is 16.5 Å². The summed E-state index contributed by atoms with van der Waals surface area (Å²) in [4.78, 5) is 0. The maximum atomic E-state index is 6.57. The molecular formula is C24H22N2O. The molecule has 0 bridgehead atoms. The fraction of sp³-hybridized carbons (Fsp3) is 0.292. The Morgan fingerprint density at radius 1 is 0.889 bits per heavy atom. The van der Waals surface area contributed by atoms with Crippen LogP contribution in [0.25, 0.3) is 10.8 Å². The number of para-hydroxylation sites is 1. The predicted octanol–water partition coefficient (Wildman–Crippen LogP) is 5.65. The van der Waals surface area contributed by atoms with Crippen LogP contribution < -0.4 is 4.74 Å². The molecule has 2 aliphatic heterocycles. The molecule has 1 unspecified atom stereocenters. The van der Waals surface area contributed by atoms with Crippen LogP contribution in [0.15, 0.2) is 71.8 Å². The molecule has 2 heterocycles. The highest BCUT2D eigenvalue weighted by Gasteiger charge is 2.51. The number of nitrogens with zero attached hydrogens (tertiary/aromatic N) is 2. The lowest BCUT2D eigenvalue weighted by Gasteiger charge is -2.45. The van der Waals surface area contributed by atoms with E-state index in [1.54, 1.807) is 0 Å². The smallest absolute Gasteiger partial charge is 0.198 e. The highest BCUT2D eigenvalue weighted by Crippen LogP contribution is 2.51. The van der Waals surface area contributed by atoms with E-state index in [0.29, 0.717) is 0 Å². The quantitative estimate of drug-likeness (QED) is 0.564. The summed E-state index contributed by atoms with van der Waals surface area (Å²) in [6, 6.07) is 24.0. The van der Waals surface area contributed by atoms with Crippen molar-refractivity contribution in [2.45, 2.75) is 43.9 Å². The third-order valence-electron chi connectivity index (χ3n) is 6.37. The molecule has 1 saturated carbocycles. The molecule has 27 heavy (non-hydrogen) atoms. The molecule has 1 aliphatic carbocycles. The largest absolute Gasteiger partial charge is 0.466 e. The van der Waals surface area contributed by atoms with Gasteiger partial charge in [-0.15, -0.1) is 0 Å². The van der Waals surface area contributed by atoms with E-state index in [1.807, 2.05) is 0 Å². The topological polar surface area (TPSA) is 24.8 Å². The molecule has 134 valence electrons. The number of rotatable bonds is 1. The van der Waals surface area contributed by atoms with Crippen LogP contribution in [0.2, 0.25) is 0 Å². The van der Waals surface area contributed by atoms with Crippen LogP contribution in [-0.2, 0) is 0 Å². The van der Waals surface area contributed by atoms with Crippen LogP contribution >= 0.6 is 0 Å². The van der Waals surface area contributed by atoms with Gasteiger partial charge in [0, 0.05) is 24.8 Å². The summed E-state index contributed by atoms with van der Waals surface area (Å²) in [6.07, 6.45) is 5.50. The second-order valence-corrected chi connectivity index (χ2v) is 7.97. The Morgan fingerprint density at radius 2 is 1.67 bits per heavy atom. The monoisotopic (exact) mass is 354 g/mol. The van der Waals surface area contributed by atoms with Gasteiger partial charge in [-0.1, -0.05) is 54.6 Å². The lowest BCUT2D eigenvalue weighted by molar-refractivity contribution is -0.114. The Kier molecular flexibility index (Phi) is 3.16. The van der Waals surface area contributed by atoms with Crippen molar-refractivity contribution in [2.75, 3.05) is 0 Å². The third kappa shape index (κ3) is 2.24. The summed E-state index contributed by atoms with van der Waals surface area (Å²) in [5.74, 6) is 1.05. The minimum Gasteiger partial charge on any atom is -0.466 e. The number of hydrogen-bond acceptors (Lipinski definition) is 3. The predicted molar refractivity (Wildman–Crippen MR) is 108 cm³/mol. The molecule has 3 aromatic rings. The lowest BCUT2D eigenvalue weighted by Crippen LogP contribution is -2.51. The van der Waals surface area contributed by atoms with Crippen LogP contribution in [-0.4, -0.2) is 16.4 Å². The van der Waals surface area contributed by atoms with Crippen LogP contribution in [0.1, 0.15) is 49.3 Å².